The van der Waals surface area contributed by atoms with E-state index in [1.165, 1.54) is 75.6 Å². The Balaban J connectivity index is 1.83. The first-order valence-corrected chi connectivity index (χ1v) is 9.83. The van der Waals surface area contributed by atoms with E-state index in [-0.39, 0.29) is 5.54 Å². The predicted octanol–water partition coefficient (Wildman–Crippen LogP) is 3.92. The van der Waals surface area contributed by atoms with Crippen LogP contribution in [0.5, 0.6) is 0 Å². The summed E-state index contributed by atoms with van der Waals surface area (Å²) in [6.45, 7) is 6.67. The molecule has 0 atom stereocenters. The van der Waals surface area contributed by atoms with Crippen LogP contribution in [0, 0.1) is 13.8 Å². The number of hydrogen-bond acceptors (Lipinski definition) is 4. The van der Waals surface area contributed by atoms with Crippen molar-refractivity contribution in [2.75, 3.05) is 13.1 Å². The number of nitrogens with zero attached hydrogens (tertiary/aromatic N) is 5. The summed E-state index contributed by atoms with van der Waals surface area (Å²) in [7, 11) is 0. The Morgan fingerprint density at radius 1 is 0.880 bits per heavy atom. The maximum absolute atomic E-state index is 4.61. The molecule has 1 saturated carbocycles. The van der Waals surface area contributed by atoms with Crippen LogP contribution in [0.1, 0.15) is 68.3 Å². The van der Waals surface area contributed by atoms with E-state index in [1.54, 1.807) is 0 Å². The summed E-state index contributed by atoms with van der Waals surface area (Å²) in [5, 5.41) is 13.2. The highest BCUT2D eigenvalue weighted by Crippen LogP contribution is 2.43. The monoisotopic (exact) mass is 339 g/mol. The molecular weight excluding hydrogens is 310 g/mol. The molecule has 0 spiro atoms. The van der Waals surface area contributed by atoms with Gasteiger partial charge in [-0.2, -0.15) is 4.68 Å². The molecule has 5 heteroatoms. The third-order valence-electron chi connectivity index (χ3n) is 6.18. The third-order valence-corrected chi connectivity index (χ3v) is 6.18. The van der Waals surface area contributed by atoms with Crippen LogP contribution < -0.4 is 0 Å². The minimum Gasteiger partial charge on any atom is -0.291 e. The normalized spacial score (nSPS) is 21.4. The third kappa shape index (κ3) is 2.88. The van der Waals surface area contributed by atoms with Crippen molar-refractivity contribution < 1.29 is 0 Å². The molecular formula is C20H29N5. The average molecular weight is 339 g/mol. The largest absolute Gasteiger partial charge is 0.291 e. The molecule has 1 aliphatic heterocycles. The Kier molecular flexibility index (Phi) is 4.59. The molecule has 2 aromatic rings. The topological polar surface area (TPSA) is 46.8 Å². The summed E-state index contributed by atoms with van der Waals surface area (Å²) in [6.07, 6.45) is 10.2. The molecule has 1 saturated heterocycles. The van der Waals surface area contributed by atoms with Crippen molar-refractivity contribution in [3.8, 4) is 5.69 Å². The molecule has 5 nitrogen and oxygen atoms in total. The van der Waals surface area contributed by atoms with Gasteiger partial charge in [-0.3, -0.25) is 4.90 Å². The zero-order valence-electron chi connectivity index (χ0n) is 15.5. The number of tetrazole rings is 1. The van der Waals surface area contributed by atoms with E-state index in [0.717, 1.165) is 11.5 Å². The fraction of sp³-hybridized carbons (Fsp3) is 0.650. The molecule has 134 valence electrons. The number of rotatable bonds is 3. The lowest BCUT2D eigenvalue weighted by molar-refractivity contribution is 0.0213. The molecule has 0 amide bonds. The van der Waals surface area contributed by atoms with Gasteiger partial charge in [0, 0.05) is 0 Å². The lowest BCUT2D eigenvalue weighted by atomic mass is 9.78. The van der Waals surface area contributed by atoms with Gasteiger partial charge in [0.15, 0.2) is 5.82 Å². The van der Waals surface area contributed by atoms with E-state index < -0.39 is 0 Å². The Morgan fingerprint density at radius 2 is 1.52 bits per heavy atom. The van der Waals surface area contributed by atoms with E-state index in [1.807, 2.05) is 4.68 Å². The van der Waals surface area contributed by atoms with Crippen LogP contribution in [-0.4, -0.2) is 38.2 Å². The minimum absolute atomic E-state index is 0.0108. The van der Waals surface area contributed by atoms with Crippen molar-refractivity contribution >= 4 is 0 Å². The van der Waals surface area contributed by atoms with Gasteiger partial charge in [-0.1, -0.05) is 43.9 Å². The maximum atomic E-state index is 4.61. The van der Waals surface area contributed by atoms with Gasteiger partial charge in [-0.05, 0) is 74.2 Å². The van der Waals surface area contributed by atoms with E-state index in [2.05, 4.69) is 52.5 Å². The van der Waals surface area contributed by atoms with Gasteiger partial charge in [0.25, 0.3) is 0 Å². The minimum atomic E-state index is 0.0108. The Hall–Kier alpha value is -1.75. The average Bonchev–Trinajstić information content (AvgIpc) is 3.13. The second-order valence-electron chi connectivity index (χ2n) is 7.79. The summed E-state index contributed by atoms with van der Waals surface area (Å²) in [5.41, 5.74) is 3.64. The van der Waals surface area contributed by atoms with Crippen molar-refractivity contribution in [3.05, 3.63) is 35.2 Å². The van der Waals surface area contributed by atoms with Crippen molar-refractivity contribution in [3.63, 3.8) is 0 Å². The fourth-order valence-electron chi connectivity index (χ4n) is 4.91. The molecule has 1 aromatic heterocycles. The number of piperidine rings is 1. The molecule has 2 aliphatic rings. The van der Waals surface area contributed by atoms with E-state index >= 15 is 0 Å². The molecule has 0 N–H and O–H groups in total. The van der Waals surface area contributed by atoms with Gasteiger partial charge < -0.3 is 0 Å². The molecule has 0 bridgehead atoms. The number of hydrogen-bond donors (Lipinski definition) is 0. The van der Waals surface area contributed by atoms with Crippen LogP contribution in [0.3, 0.4) is 0 Å². The van der Waals surface area contributed by atoms with E-state index in [0.29, 0.717) is 0 Å². The summed E-state index contributed by atoms with van der Waals surface area (Å²) in [4.78, 5) is 2.70. The number of benzene rings is 1. The van der Waals surface area contributed by atoms with Crippen molar-refractivity contribution in [1.82, 2.24) is 25.1 Å². The molecule has 25 heavy (non-hydrogen) atoms. The molecule has 2 heterocycles. The molecule has 0 radical (unpaired) electrons. The smallest absolute Gasteiger partial charge is 0.176 e. The summed E-state index contributed by atoms with van der Waals surface area (Å²) < 4.78 is 2.05. The van der Waals surface area contributed by atoms with Crippen LogP contribution in [0.15, 0.2) is 18.2 Å². The maximum Gasteiger partial charge on any atom is 0.176 e. The van der Waals surface area contributed by atoms with Gasteiger partial charge in [-0.25, -0.2) is 0 Å². The predicted molar refractivity (Wildman–Crippen MR) is 98.8 cm³/mol. The summed E-state index contributed by atoms with van der Waals surface area (Å²) in [5.74, 6) is 1.06. The highest BCUT2D eigenvalue weighted by molar-refractivity contribution is 5.47. The lowest BCUT2D eigenvalue weighted by Crippen LogP contribution is -2.51. The van der Waals surface area contributed by atoms with Gasteiger partial charge in [0.1, 0.15) is 0 Å². The highest BCUT2D eigenvalue weighted by Gasteiger charge is 2.44. The first-order valence-electron chi connectivity index (χ1n) is 9.83. The van der Waals surface area contributed by atoms with Crippen LogP contribution in [0.2, 0.25) is 0 Å². The second kappa shape index (κ2) is 6.87. The molecule has 2 fully saturated rings. The van der Waals surface area contributed by atoms with Gasteiger partial charge >= 0.3 is 0 Å². The van der Waals surface area contributed by atoms with Crippen molar-refractivity contribution in [1.29, 1.82) is 0 Å². The standard InChI is InChI=1S/C20H29N5/c1-16-10-9-11-17(2)18(16)25-19(21-22-23-25)20(12-5-3-6-13-20)24-14-7-4-8-15-24/h9-11H,3-8,12-15H2,1-2H3. The van der Waals surface area contributed by atoms with Gasteiger partial charge in [0.2, 0.25) is 0 Å². The van der Waals surface area contributed by atoms with E-state index in [4.69, 9.17) is 0 Å². The first kappa shape index (κ1) is 16.7. The Labute approximate surface area is 150 Å². The SMILES string of the molecule is Cc1cccc(C)c1-n1nnnc1C1(N2CCCCC2)CCCCC1. The fourth-order valence-corrected chi connectivity index (χ4v) is 4.91. The number of para-hydroxylation sites is 1. The zero-order chi connectivity index (χ0) is 17.3. The van der Waals surface area contributed by atoms with Crippen LogP contribution in [-0.2, 0) is 5.54 Å². The molecule has 0 unspecified atom stereocenters. The quantitative estimate of drug-likeness (QED) is 0.850. The van der Waals surface area contributed by atoms with Gasteiger partial charge in [-0.15, -0.1) is 5.10 Å². The molecule has 1 aromatic carbocycles. The van der Waals surface area contributed by atoms with Crippen molar-refractivity contribution in [2.45, 2.75) is 70.8 Å². The Morgan fingerprint density at radius 3 is 2.20 bits per heavy atom. The first-order chi connectivity index (χ1) is 12.2. The summed E-state index contributed by atoms with van der Waals surface area (Å²) in [6, 6.07) is 6.42. The number of aryl methyl sites for hydroxylation is 2. The van der Waals surface area contributed by atoms with Crippen molar-refractivity contribution in [2.24, 2.45) is 0 Å². The molecule has 1 aliphatic carbocycles. The zero-order valence-corrected chi connectivity index (χ0v) is 15.5. The number of aromatic nitrogens is 4. The highest BCUT2D eigenvalue weighted by atomic mass is 15.6. The van der Waals surface area contributed by atoms with Crippen LogP contribution in [0.25, 0.3) is 5.69 Å². The summed E-state index contributed by atoms with van der Waals surface area (Å²) >= 11 is 0. The van der Waals surface area contributed by atoms with Crippen LogP contribution >= 0.6 is 0 Å². The Bertz CT molecular complexity index is 703. The second-order valence-corrected chi connectivity index (χ2v) is 7.79. The van der Waals surface area contributed by atoms with Crippen LogP contribution in [0.4, 0.5) is 0 Å². The lowest BCUT2D eigenvalue weighted by Gasteiger charge is -2.47. The van der Waals surface area contributed by atoms with E-state index in [9.17, 15) is 0 Å². The number of likely N-dealkylation sites (tertiary alicyclic amines) is 1. The molecule has 4 rings (SSSR count). The van der Waals surface area contributed by atoms with Gasteiger partial charge in [0.05, 0.1) is 11.2 Å².